The zero-order chi connectivity index (χ0) is 17.8. The standard InChI is InChI=1S/C19H19N3O2S/c1-12-4-6-16(7-5-12)20-17(23)11-25-19-22-21-18(24-19)15-9-13(2)8-14(3)10-15/h4-10H,11H2,1-3H3,(H,20,23). The van der Waals surface area contributed by atoms with Gasteiger partial charge in [0.25, 0.3) is 5.22 Å². The van der Waals surface area contributed by atoms with E-state index in [0.29, 0.717) is 11.1 Å². The van der Waals surface area contributed by atoms with Crippen molar-refractivity contribution in [3.8, 4) is 11.5 Å². The molecule has 6 heteroatoms. The Morgan fingerprint density at radius 3 is 2.36 bits per heavy atom. The first-order valence-corrected chi connectivity index (χ1v) is 8.89. The fraction of sp³-hybridized carbons (Fsp3) is 0.211. The zero-order valence-corrected chi connectivity index (χ0v) is 15.2. The van der Waals surface area contributed by atoms with Crippen LogP contribution in [0.5, 0.6) is 0 Å². The van der Waals surface area contributed by atoms with Gasteiger partial charge in [-0.25, -0.2) is 0 Å². The Labute approximate surface area is 150 Å². The third-order valence-corrected chi connectivity index (χ3v) is 4.36. The molecule has 0 spiro atoms. The lowest BCUT2D eigenvalue weighted by molar-refractivity contribution is -0.113. The van der Waals surface area contributed by atoms with Gasteiger partial charge in [-0.1, -0.05) is 46.7 Å². The smallest absolute Gasteiger partial charge is 0.277 e. The van der Waals surface area contributed by atoms with E-state index in [1.54, 1.807) is 0 Å². The van der Waals surface area contributed by atoms with Crippen molar-refractivity contribution >= 4 is 23.4 Å². The van der Waals surface area contributed by atoms with E-state index in [2.05, 4.69) is 21.6 Å². The van der Waals surface area contributed by atoms with Gasteiger partial charge in [0.15, 0.2) is 0 Å². The maximum Gasteiger partial charge on any atom is 0.277 e. The Kier molecular flexibility index (Phi) is 5.19. The number of benzene rings is 2. The molecule has 1 amide bonds. The van der Waals surface area contributed by atoms with Crippen molar-refractivity contribution in [1.82, 2.24) is 10.2 Å². The molecule has 0 aliphatic rings. The molecule has 3 rings (SSSR count). The second kappa shape index (κ2) is 7.53. The predicted octanol–water partition coefficient (Wildman–Crippen LogP) is 4.39. The fourth-order valence-electron chi connectivity index (χ4n) is 2.44. The molecule has 25 heavy (non-hydrogen) atoms. The van der Waals surface area contributed by atoms with Gasteiger partial charge >= 0.3 is 0 Å². The second-order valence-corrected chi connectivity index (χ2v) is 6.88. The highest BCUT2D eigenvalue weighted by Crippen LogP contribution is 2.25. The summed E-state index contributed by atoms with van der Waals surface area (Å²) in [4.78, 5) is 12.0. The number of hydrogen-bond donors (Lipinski definition) is 1. The average molecular weight is 353 g/mol. The highest BCUT2D eigenvalue weighted by Gasteiger charge is 2.12. The van der Waals surface area contributed by atoms with Crippen molar-refractivity contribution in [1.29, 1.82) is 0 Å². The molecular formula is C19H19N3O2S. The number of anilines is 1. The molecular weight excluding hydrogens is 334 g/mol. The number of carbonyl (C=O) groups is 1. The van der Waals surface area contributed by atoms with Gasteiger partial charge in [-0.15, -0.1) is 10.2 Å². The number of aromatic nitrogens is 2. The van der Waals surface area contributed by atoms with E-state index in [1.165, 1.54) is 11.8 Å². The minimum Gasteiger partial charge on any atom is -0.411 e. The molecule has 1 aromatic heterocycles. The highest BCUT2D eigenvalue weighted by atomic mass is 32.2. The van der Waals surface area contributed by atoms with Crippen molar-refractivity contribution in [2.24, 2.45) is 0 Å². The van der Waals surface area contributed by atoms with E-state index in [0.717, 1.165) is 27.9 Å². The van der Waals surface area contributed by atoms with E-state index in [4.69, 9.17) is 4.42 Å². The van der Waals surface area contributed by atoms with Crippen LogP contribution in [0, 0.1) is 20.8 Å². The molecule has 0 saturated carbocycles. The quantitative estimate of drug-likeness (QED) is 0.689. The van der Waals surface area contributed by atoms with Crippen LogP contribution in [-0.2, 0) is 4.79 Å². The predicted molar refractivity (Wildman–Crippen MR) is 99.7 cm³/mol. The summed E-state index contributed by atoms with van der Waals surface area (Å²) in [7, 11) is 0. The van der Waals surface area contributed by atoms with Crippen LogP contribution in [0.1, 0.15) is 16.7 Å². The average Bonchev–Trinajstić information content (AvgIpc) is 3.03. The Balaban J connectivity index is 1.59. The molecule has 0 aliphatic carbocycles. The van der Waals surface area contributed by atoms with Gasteiger partial charge in [0.1, 0.15) is 0 Å². The summed E-state index contributed by atoms with van der Waals surface area (Å²) < 4.78 is 5.66. The molecule has 5 nitrogen and oxygen atoms in total. The van der Waals surface area contributed by atoms with Crippen molar-refractivity contribution in [3.05, 3.63) is 59.2 Å². The Morgan fingerprint density at radius 2 is 1.68 bits per heavy atom. The molecule has 0 fully saturated rings. The third kappa shape index (κ3) is 4.70. The van der Waals surface area contributed by atoms with Crippen LogP contribution in [0.3, 0.4) is 0 Å². The van der Waals surface area contributed by atoms with E-state index in [1.807, 2.05) is 57.2 Å². The molecule has 0 radical (unpaired) electrons. The van der Waals surface area contributed by atoms with Gasteiger partial charge in [-0.2, -0.15) is 0 Å². The van der Waals surface area contributed by atoms with Crippen molar-refractivity contribution in [2.75, 3.05) is 11.1 Å². The van der Waals surface area contributed by atoms with E-state index < -0.39 is 0 Å². The van der Waals surface area contributed by atoms with E-state index in [-0.39, 0.29) is 11.7 Å². The minimum atomic E-state index is -0.111. The number of rotatable bonds is 5. The largest absolute Gasteiger partial charge is 0.411 e. The van der Waals surface area contributed by atoms with Gasteiger partial charge in [-0.05, 0) is 45.0 Å². The van der Waals surface area contributed by atoms with Crippen LogP contribution < -0.4 is 5.32 Å². The summed E-state index contributed by atoms with van der Waals surface area (Å²) in [6, 6.07) is 13.8. The van der Waals surface area contributed by atoms with Crippen molar-refractivity contribution in [2.45, 2.75) is 26.0 Å². The molecule has 3 aromatic rings. The van der Waals surface area contributed by atoms with Gasteiger partial charge in [0.05, 0.1) is 5.75 Å². The SMILES string of the molecule is Cc1ccc(NC(=O)CSc2nnc(-c3cc(C)cc(C)c3)o2)cc1. The highest BCUT2D eigenvalue weighted by molar-refractivity contribution is 7.99. The molecule has 0 aliphatic heterocycles. The number of amides is 1. The normalized spacial score (nSPS) is 10.7. The van der Waals surface area contributed by atoms with Crippen LogP contribution in [0.25, 0.3) is 11.5 Å². The van der Waals surface area contributed by atoms with Gasteiger partial charge < -0.3 is 9.73 Å². The number of hydrogen-bond acceptors (Lipinski definition) is 5. The molecule has 128 valence electrons. The zero-order valence-electron chi connectivity index (χ0n) is 14.4. The number of thioether (sulfide) groups is 1. The fourth-order valence-corrected chi connectivity index (χ4v) is 3.01. The van der Waals surface area contributed by atoms with Crippen LogP contribution in [-0.4, -0.2) is 21.9 Å². The molecule has 0 saturated heterocycles. The van der Waals surface area contributed by atoms with Gasteiger partial charge in [0.2, 0.25) is 11.8 Å². The first-order chi connectivity index (χ1) is 12.0. The number of nitrogens with zero attached hydrogens (tertiary/aromatic N) is 2. The van der Waals surface area contributed by atoms with E-state index in [9.17, 15) is 4.79 Å². The lowest BCUT2D eigenvalue weighted by Crippen LogP contribution is -2.13. The topological polar surface area (TPSA) is 68.0 Å². The lowest BCUT2D eigenvalue weighted by atomic mass is 10.1. The van der Waals surface area contributed by atoms with Crippen LogP contribution in [0.4, 0.5) is 5.69 Å². The molecule has 0 bridgehead atoms. The lowest BCUT2D eigenvalue weighted by Gasteiger charge is -2.04. The Hall–Kier alpha value is -2.60. The van der Waals surface area contributed by atoms with Crippen LogP contribution in [0.2, 0.25) is 0 Å². The number of nitrogens with one attached hydrogen (secondary N) is 1. The maximum atomic E-state index is 12.0. The first-order valence-electron chi connectivity index (χ1n) is 7.91. The monoisotopic (exact) mass is 353 g/mol. The maximum absolute atomic E-state index is 12.0. The van der Waals surface area contributed by atoms with E-state index >= 15 is 0 Å². The molecule has 2 aromatic carbocycles. The summed E-state index contributed by atoms with van der Waals surface area (Å²) in [5.41, 5.74) is 5.09. The first kappa shape index (κ1) is 17.2. The number of carbonyl (C=O) groups excluding carboxylic acids is 1. The summed E-state index contributed by atoms with van der Waals surface area (Å²) in [6.45, 7) is 6.06. The van der Waals surface area contributed by atoms with Crippen LogP contribution >= 0.6 is 11.8 Å². The minimum absolute atomic E-state index is 0.111. The van der Waals surface area contributed by atoms with Crippen LogP contribution in [0.15, 0.2) is 52.1 Å². The molecule has 1 heterocycles. The molecule has 1 N–H and O–H groups in total. The molecule has 0 atom stereocenters. The van der Waals surface area contributed by atoms with Gasteiger partial charge in [0, 0.05) is 11.3 Å². The summed E-state index contributed by atoms with van der Waals surface area (Å²) in [6.07, 6.45) is 0. The third-order valence-electron chi connectivity index (χ3n) is 3.54. The number of aryl methyl sites for hydroxylation is 3. The second-order valence-electron chi connectivity index (χ2n) is 5.95. The summed E-state index contributed by atoms with van der Waals surface area (Å²) >= 11 is 1.22. The van der Waals surface area contributed by atoms with Gasteiger partial charge in [-0.3, -0.25) is 4.79 Å². The Morgan fingerprint density at radius 1 is 1.00 bits per heavy atom. The van der Waals surface area contributed by atoms with Crippen molar-refractivity contribution < 1.29 is 9.21 Å². The summed E-state index contributed by atoms with van der Waals surface area (Å²) in [5, 5.41) is 11.3. The Bertz CT molecular complexity index is 868. The molecule has 0 unspecified atom stereocenters. The summed E-state index contributed by atoms with van der Waals surface area (Å²) in [5.74, 6) is 0.566. The van der Waals surface area contributed by atoms with Crippen molar-refractivity contribution in [3.63, 3.8) is 0 Å².